The van der Waals surface area contributed by atoms with Crippen LogP contribution in [0.25, 0.3) is 0 Å². The molecule has 2 nitrogen and oxygen atoms in total. The van der Waals surface area contributed by atoms with Gasteiger partial charge in [-0.05, 0) is 6.42 Å². The van der Waals surface area contributed by atoms with Crippen molar-refractivity contribution >= 4 is 25.7 Å². The maximum absolute atomic E-state index is 9.60. The molecule has 3 heteroatoms. The number of rotatable bonds is 5. The van der Waals surface area contributed by atoms with Gasteiger partial charge in [-0.3, -0.25) is 4.79 Å². The Morgan fingerprint density at radius 2 is 1.04 bits per heavy atom. The van der Waals surface area contributed by atoms with E-state index in [9.17, 15) is 4.79 Å². The predicted octanol–water partition coefficient (Wildman–Crippen LogP) is 7.09. The largest absolute Gasteiger partial charge is 0.481 e. The van der Waals surface area contributed by atoms with Gasteiger partial charge in [0.15, 0.2) is 0 Å². The fraction of sp³-hybridized carbons (Fsp3) is 0.955. The van der Waals surface area contributed by atoms with Crippen LogP contribution in [-0.2, 0) is 4.79 Å². The summed E-state index contributed by atoms with van der Waals surface area (Å²) in [6.07, 6.45) is 25.3. The molecule has 0 spiro atoms. The number of hydrogen-bond donors (Lipinski definition) is 1. The van der Waals surface area contributed by atoms with E-state index in [0.29, 0.717) is 6.42 Å². The zero-order valence-electron chi connectivity index (χ0n) is 16.7. The maximum Gasteiger partial charge on any atom is 0.303 e. The van der Waals surface area contributed by atoms with Crippen LogP contribution in [0.3, 0.4) is 0 Å². The van der Waals surface area contributed by atoms with Crippen LogP contribution in [-0.4, -0.2) is 30.8 Å². The van der Waals surface area contributed by atoms with E-state index in [1.54, 1.807) is 96.3 Å². The smallest absolute Gasteiger partial charge is 0.303 e. The molecule has 0 bridgehead atoms. The molecule has 3 aliphatic rings. The van der Waals surface area contributed by atoms with Crippen LogP contribution >= 0.6 is 0 Å². The molecular formula is C22H42O2Sn. The van der Waals surface area contributed by atoms with Gasteiger partial charge in [0.2, 0.25) is 0 Å². The topological polar surface area (TPSA) is 37.3 Å². The average Bonchev–Trinajstić information content (AvgIpc) is 2.65. The summed E-state index contributed by atoms with van der Waals surface area (Å²) in [5, 5.41) is 7.91. The summed E-state index contributed by atoms with van der Waals surface area (Å²) >= 11 is -1.31. The van der Waals surface area contributed by atoms with Crippen LogP contribution in [0.2, 0.25) is 11.8 Å². The van der Waals surface area contributed by atoms with Crippen molar-refractivity contribution in [2.45, 2.75) is 128 Å². The molecule has 146 valence electrons. The quantitative estimate of drug-likeness (QED) is 0.448. The van der Waals surface area contributed by atoms with Gasteiger partial charge in [-0.25, -0.2) is 0 Å². The van der Waals surface area contributed by atoms with Crippen molar-refractivity contribution in [3.8, 4) is 0 Å². The first kappa shape index (κ1) is 21.6. The molecule has 0 aromatic carbocycles. The van der Waals surface area contributed by atoms with E-state index in [1.807, 2.05) is 6.92 Å². The Morgan fingerprint density at radius 1 is 0.720 bits per heavy atom. The number of hydrogen-bond acceptors (Lipinski definition) is 1. The number of carbonyl (C=O) groups is 1. The molecule has 0 aromatic rings. The maximum atomic E-state index is 9.60. The molecule has 0 unspecified atom stereocenters. The summed E-state index contributed by atoms with van der Waals surface area (Å²) in [5.41, 5.74) is 0. The molecule has 1 N–H and O–H groups in total. The second-order valence-corrected chi connectivity index (χ2v) is 20.3. The first-order valence-electron chi connectivity index (χ1n) is 11.4. The minimum Gasteiger partial charge on any atom is -0.481 e. The zero-order valence-corrected chi connectivity index (χ0v) is 20.0. The summed E-state index contributed by atoms with van der Waals surface area (Å²) in [6, 6.07) is 0. The van der Waals surface area contributed by atoms with E-state index < -0.39 is 25.7 Å². The van der Waals surface area contributed by atoms with Gasteiger partial charge in [0, 0.05) is 6.42 Å². The molecular weight excluding hydrogens is 415 g/mol. The third kappa shape index (κ3) is 7.80. The summed E-state index contributed by atoms with van der Waals surface area (Å²) in [5.74, 6) is -0.711. The molecule has 25 heavy (non-hydrogen) atoms. The van der Waals surface area contributed by atoms with Gasteiger partial charge in [0.05, 0.1) is 0 Å². The van der Waals surface area contributed by atoms with Gasteiger partial charge in [-0.1, -0.05) is 6.92 Å². The van der Waals surface area contributed by atoms with E-state index >= 15 is 0 Å². The minimum absolute atomic E-state index is 0.292. The van der Waals surface area contributed by atoms with Crippen LogP contribution in [0.4, 0.5) is 0 Å². The molecule has 0 heterocycles. The van der Waals surface area contributed by atoms with Gasteiger partial charge in [-0.15, -0.1) is 0 Å². The molecule has 0 aromatic heterocycles. The molecule has 3 saturated carbocycles. The predicted molar refractivity (Wildman–Crippen MR) is 110 cm³/mol. The minimum atomic E-state index is -1.31. The van der Waals surface area contributed by atoms with Crippen LogP contribution < -0.4 is 0 Å². The normalized spacial score (nSPS) is 23.9. The number of aliphatic carboxylic acids is 1. The zero-order chi connectivity index (χ0) is 17.9. The SMILES string of the molecule is C1CC[CH]([SnH]([CH]2CCCCC2)[CH]2CCCCC2)CC1.CCCC(=O)O. The Kier molecular flexibility index (Phi) is 10.9. The molecule has 3 rings (SSSR count). The van der Waals surface area contributed by atoms with Gasteiger partial charge >= 0.3 is 134 Å². The van der Waals surface area contributed by atoms with Crippen molar-refractivity contribution in [1.29, 1.82) is 0 Å². The fourth-order valence-electron chi connectivity index (χ4n) is 5.93. The van der Waals surface area contributed by atoms with Gasteiger partial charge in [0.1, 0.15) is 0 Å². The van der Waals surface area contributed by atoms with Crippen LogP contribution in [0.1, 0.15) is 116 Å². The Balaban J connectivity index is 0.000000326. The van der Waals surface area contributed by atoms with E-state index in [1.165, 1.54) is 11.8 Å². The van der Waals surface area contributed by atoms with E-state index in [4.69, 9.17) is 5.11 Å². The van der Waals surface area contributed by atoms with Crippen LogP contribution in [0.5, 0.6) is 0 Å². The molecule has 0 aliphatic heterocycles. The molecule has 3 aliphatic carbocycles. The van der Waals surface area contributed by atoms with Crippen molar-refractivity contribution in [1.82, 2.24) is 0 Å². The fourth-order valence-corrected chi connectivity index (χ4v) is 23.1. The van der Waals surface area contributed by atoms with Crippen molar-refractivity contribution in [3.63, 3.8) is 0 Å². The van der Waals surface area contributed by atoms with Crippen LogP contribution in [0, 0.1) is 0 Å². The monoisotopic (exact) mass is 458 g/mol. The Hall–Kier alpha value is 0.269. The summed E-state index contributed by atoms with van der Waals surface area (Å²) in [7, 11) is 0. The first-order valence-corrected chi connectivity index (χ1v) is 17.1. The standard InChI is InChI=1S/3C6H11.C4H8O2.Sn.H/c3*1-2-4-6-5-3-1;1-2-3-4(5)6;;/h3*1H,2-6H2;2-3H2,1H3,(H,5,6);;. The number of carboxylic acids is 1. The van der Waals surface area contributed by atoms with Gasteiger partial charge in [-0.2, -0.15) is 0 Å². The second-order valence-electron chi connectivity index (χ2n) is 8.92. The molecule has 0 amide bonds. The van der Waals surface area contributed by atoms with Crippen molar-refractivity contribution in [2.75, 3.05) is 0 Å². The molecule has 0 saturated heterocycles. The van der Waals surface area contributed by atoms with E-state index in [2.05, 4.69) is 0 Å². The van der Waals surface area contributed by atoms with Crippen molar-refractivity contribution in [2.24, 2.45) is 0 Å². The third-order valence-corrected chi connectivity index (χ3v) is 22.1. The molecule has 0 atom stereocenters. The van der Waals surface area contributed by atoms with E-state index in [0.717, 1.165) is 6.42 Å². The first-order chi connectivity index (χ1) is 12.2. The van der Waals surface area contributed by atoms with Gasteiger partial charge in [0.25, 0.3) is 0 Å². The summed E-state index contributed by atoms with van der Waals surface area (Å²) in [4.78, 5) is 9.60. The van der Waals surface area contributed by atoms with Gasteiger partial charge < -0.3 is 5.11 Å². The summed E-state index contributed by atoms with van der Waals surface area (Å²) in [6.45, 7) is 1.84. The van der Waals surface area contributed by atoms with Crippen molar-refractivity contribution < 1.29 is 9.90 Å². The van der Waals surface area contributed by atoms with Crippen molar-refractivity contribution in [3.05, 3.63) is 0 Å². The third-order valence-electron chi connectivity index (χ3n) is 7.05. The summed E-state index contributed by atoms with van der Waals surface area (Å²) < 4.78 is 4.00. The van der Waals surface area contributed by atoms with E-state index in [-0.39, 0.29) is 0 Å². The van der Waals surface area contributed by atoms with Crippen LogP contribution in [0.15, 0.2) is 0 Å². The second kappa shape index (κ2) is 12.6. The Morgan fingerprint density at radius 3 is 1.24 bits per heavy atom. The Bertz CT molecular complexity index is 310. The Labute approximate surface area is 163 Å². The average molecular weight is 457 g/mol. The number of carboxylic acid groups (broad SMARTS) is 1. The molecule has 0 radical (unpaired) electrons. The molecule has 3 fully saturated rings.